The summed E-state index contributed by atoms with van der Waals surface area (Å²) in [6.45, 7) is 3.10. The number of thioether (sulfide) groups is 1. The molecule has 3 aromatic rings. The topological polar surface area (TPSA) is 87.7 Å². The highest BCUT2D eigenvalue weighted by Gasteiger charge is 2.18. The third-order valence-electron chi connectivity index (χ3n) is 4.50. The largest absolute Gasteiger partial charge is 0.469 e. The molecule has 2 heterocycles. The summed E-state index contributed by atoms with van der Waals surface area (Å²) in [5.74, 6) is 0.290. The number of methoxy groups -OCH3 is 2. The van der Waals surface area contributed by atoms with Crippen molar-refractivity contribution in [2.24, 2.45) is 0 Å². The highest BCUT2D eigenvalue weighted by Crippen LogP contribution is 2.27. The maximum absolute atomic E-state index is 13.0. The Kier molecular flexibility index (Phi) is 6.69. The maximum Gasteiger partial charge on any atom is 0.305 e. The number of esters is 1. The molecule has 28 heavy (non-hydrogen) atoms. The molecular formula is C19H24N4O4S. The summed E-state index contributed by atoms with van der Waals surface area (Å²) in [7, 11) is 3.03. The van der Waals surface area contributed by atoms with Crippen LogP contribution in [0.1, 0.15) is 26.2 Å². The number of hydrogen-bond acceptors (Lipinski definition) is 7. The number of rotatable bonds is 9. The number of aryl methyl sites for hydroxylation is 1. The predicted octanol–water partition coefficient (Wildman–Crippen LogP) is 2.51. The number of para-hydroxylation sites is 1. The fraction of sp³-hybridized carbons (Fsp3) is 0.474. The molecule has 0 amide bonds. The summed E-state index contributed by atoms with van der Waals surface area (Å²) in [5, 5.41) is 10.1. The highest BCUT2D eigenvalue weighted by atomic mass is 32.2. The van der Waals surface area contributed by atoms with Gasteiger partial charge in [0.15, 0.2) is 5.16 Å². The van der Waals surface area contributed by atoms with E-state index in [1.54, 1.807) is 11.7 Å². The van der Waals surface area contributed by atoms with Crippen LogP contribution in [-0.2, 0) is 20.8 Å². The Morgan fingerprint density at radius 3 is 2.79 bits per heavy atom. The lowest BCUT2D eigenvalue weighted by Crippen LogP contribution is -2.24. The number of aromatic nitrogens is 4. The molecule has 0 aliphatic rings. The van der Waals surface area contributed by atoms with E-state index in [0.717, 1.165) is 5.52 Å². The molecule has 150 valence electrons. The van der Waals surface area contributed by atoms with E-state index in [-0.39, 0.29) is 16.8 Å². The van der Waals surface area contributed by atoms with Crippen LogP contribution in [0.4, 0.5) is 0 Å². The molecule has 0 fully saturated rings. The second-order valence-electron chi connectivity index (χ2n) is 6.48. The quantitative estimate of drug-likeness (QED) is 0.308. The van der Waals surface area contributed by atoms with Gasteiger partial charge in [-0.05, 0) is 25.0 Å². The van der Waals surface area contributed by atoms with Crippen LogP contribution in [-0.4, -0.2) is 51.2 Å². The molecule has 0 N–H and O–H groups in total. The van der Waals surface area contributed by atoms with Crippen molar-refractivity contribution < 1.29 is 14.3 Å². The van der Waals surface area contributed by atoms with Crippen molar-refractivity contribution in [3.8, 4) is 0 Å². The molecule has 1 atom stereocenters. The smallest absolute Gasteiger partial charge is 0.305 e. The monoisotopic (exact) mass is 404 g/mol. The van der Waals surface area contributed by atoms with Gasteiger partial charge in [0.05, 0.1) is 18.0 Å². The minimum absolute atomic E-state index is 0.0816. The lowest BCUT2D eigenvalue weighted by atomic mass is 10.2. The standard InChI is InChI=1S/C19H24N4O4S/c1-13(9-10-16(24)27-3)28-19-21-20-18-22(11-6-12-26-2)17(25)14-7-4-5-8-15(14)23(18)19/h4-5,7-8,13H,6,9-12H2,1-3H3. The summed E-state index contributed by atoms with van der Waals surface area (Å²) >= 11 is 1.53. The van der Waals surface area contributed by atoms with Crippen LogP contribution in [0.5, 0.6) is 0 Å². The van der Waals surface area contributed by atoms with Gasteiger partial charge in [0.1, 0.15) is 0 Å². The number of benzene rings is 1. The molecule has 0 bridgehead atoms. The van der Waals surface area contributed by atoms with E-state index in [9.17, 15) is 9.59 Å². The van der Waals surface area contributed by atoms with Crippen LogP contribution < -0.4 is 5.56 Å². The van der Waals surface area contributed by atoms with Crippen molar-refractivity contribution in [3.05, 3.63) is 34.6 Å². The number of carbonyl (C=O) groups excluding carboxylic acids is 1. The van der Waals surface area contributed by atoms with Gasteiger partial charge in [-0.3, -0.25) is 18.6 Å². The van der Waals surface area contributed by atoms with Crippen LogP contribution in [0.15, 0.2) is 34.2 Å². The lowest BCUT2D eigenvalue weighted by molar-refractivity contribution is -0.140. The Morgan fingerprint density at radius 1 is 1.25 bits per heavy atom. The molecule has 1 aromatic carbocycles. The Balaban J connectivity index is 2.01. The Hall–Kier alpha value is -2.39. The minimum Gasteiger partial charge on any atom is -0.469 e. The SMILES string of the molecule is COCCCn1c(=O)c2ccccc2n2c(SC(C)CCC(=O)OC)nnc12. The third-order valence-corrected chi connectivity index (χ3v) is 5.61. The van der Waals surface area contributed by atoms with Gasteiger partial charge in [0.25, 0.3) is 5.56 Å². The van der Waals surface area contributed by atoms with E-state index in [2.05, 4.69) is 10.2 Å². The first-order valence-corrected chi connectivity index (χ1v) is 10.0. The van der Waals surface area contributed by atoms with Crippen molar-refractivity contribution in [3.63, 3.8) is 0 Å². The first-order chi connectivity index (χ1) is 13.6. The van der Waals surface area contributed by atoms with Gasteiger partial charge in [-0.2, -0.15) is 0 Å². The zero-order valence-corrected chi connectivity index (χ0v) is 17.1. The van der Waals surface area contributed by atoms with E-state index < -0.39 is 0 Å². The van der Waals surface area contributed by atoms with E-state index in [1.807, 2.05) is 35.6 Å². The van der Waals surface area contributed by atoms with Crippen LogP contribution in [0, 0.1) is 0 Å². The van der Waals surface area contributed by atoms with Gasteiger partial charge in [0, 0.05) is 31.9 Å². The lowest BCUT2D eigenvalue weighted by Gasteiger charge is -2.12. The van der Waals surface area contributed by atoms with Crippen molar-refractivity contribution in [1.82, 2.24) is 19.2 Å². The van der Waals surface area contributed by atoms with E-state index in [1.165, 1.54) is 18.9 Å². The van der Waals surface area contributed by atoms with Gasteiger partial charge < -0.3 is 9.47 Å². The third kappa shape index (κ3) is 4.20. The number of ether oxygens (including phenoxy) is 2. The van der Waals surface area contributed by atoms with Crippen LogP contribution in [0.2, 0.25) is 0 Å². The molecule has 1 unspecified atom stereocenters. The minimum atomic E-state index is -0.226. The van der Waals surface area contributed by atoms with Crippen LogP contribution >= 0.6 is 11.8 Å². The molecule has 2 aromatic heterocycles. The summed E-state index contributed by atoms with van der Waals surface area (Å²) in [4.78, 5) is 24.4. The van der Waals surface area contributed by atoms with E-state index in [4.69, 9.17) is 9.47 Å². The summed E-state index contributed by atoms with van der Waals surface area (Å²) in [6.07, 6.45) is 1.72. The molecule has 0 saturated carbocycles. The summed E-state index contributed by atoms with van der Waals surface area (Å²) in [6, 6.07) is 7.46. The predicted molar refractivity (Wildman–Crippen MR) is 108 cm³/mol. The van der Waals surface area contributed by atoms with Crippen molar-refractivity contribution in [1.29, 1.82) is 0 Å². The zero-order valence-electron chi connectivity index (χ0n) is 16.3. The van der Waals surface area contributed by atoms with Crippen molar-refractivity contribution in [2.75, 3.05) is 20.8 Å². The molecule has 3 rings (SSSR count). The van der Waals surface area contributed by atoms with Crippen LogP contribution in [0.3, 0.4) is 0 Å². The molecule has 8 nitrogen and oxygen atoms in total. The van der Waals surface area contributed by atoms with Gasteiger partial charge in [-0.1, -0.05) is 30.8 Å². The zero-order chi connectivity index (χ0) is 20.1. The number of nitrogens with zero attached hydrogens (tertiary/aromatic N) is 4. The normalized spacial score (nSPS) is 12.5. The van der Waals surface area contributed by atoms with Crippen molar-refractivity contribution in [2.45, 2.75) is 43.1 Å². The Morgan fingerprint density at radius 2 is 2.04 bits per heavy atom. The Bertz CT molecular complexity index is 1030. The van der Waals surface area contributed by atoms with E-state index >= 15 is 0 Å². The Labute approximate surface area is 166 Å². The molecule has 0 aliphatic carbocycles. The fourth-order valence-electron chi connectivity index (χ4n) is 3.04. The summed E-state index contributed by atoms with van der Waals surface area (Å²) in [5.41, 5.74) is 0.694. The average Bonchev–Trinajstić information content (AvgIpc) is 3.12. The number of fused-ring (bicyclic) bond motifs is 3. The summed E-state index contributed by atoms with van der Waals surface area (Å²) < 4.78 is 13.4. The van der Waals surface area contributed by atoms with Gasteiger partial charge in [0.2, 0.25) is 5.78 Å². The number of carbonyl (C=O) groups is 1. The molecule has 0 spiro atoms. The van der Waals surface area contributed by atoms with E-state index in [0.29, 0.717) is 48.7 Å². The van der Waals surface area contributed by atoms with Crippen LogP contribution in [0.25, 0.3) is 16.7 Å². The first-order valence-electron chi connectivity index (χ1n) is 9.16. The molecular weight excluding hydrogens is 380 g/mol. The van der Waals surface area contributed by atoms with Gasteiger partial charge >= 0.3 is 5.97 Å². The fourth-order valence-corrected chi connectivity index (χ4v) is 4.01. The second kappa shape index (κ2) is 9.20. The highest BCUT2D eigenvalue weighted by molar-refractivity contribution is 7.99. The second-order valence-corrected chi connectivity index (χ2v) is 7.89. The molecule has 0 aliphatic heterocycles. The number of hydrogen-bond donors (Lipinski definition) is 0. The van der Waals surface area contributed by atoms with Gasteiger partial charge in [-0.25, -0.2) is 0 Å². The molecule has 9 heteroatoms. The average molecular weight is 404 g/mol. The van der Waals surface area contributed by atoms with Gasteiger partial charge in [-0.15, -0.1) is 10.2 Å². The first kappa shape index (κ1) is 20.3. The molecule has 0 radical (unpaired) electrons. The molecule has 0 saturated heterocycles. The maximum atomic E-state index is 13.0. The van der Waals surface area contributed by atoms with Crippen molar-refractivity contribution >= 4 is 34.4 Å².